The molecule has 0 aromatic carbocycles. The summed E-state index contributed by atoms with van der Waals surface area (Å²) in [4.78, 5) is 15.1. The minimum atomic E-state index is 0.530. The van der Waals surface area contributed by atoms with E-state index in [4.69, 9.17) is 16.9 Å². The van der Waals surface area contributed by atoms with Crippen molar-refractivity contribution < 1.29 is 0 Å². The molecule has 96 valence electrons. The van der Waals surface area contributed by atoms with Crippen LogP contribution < -0.4 is 0 Å². The number of aromatic nitrogens is 1. The lowest BCUT2D eigenvalue weighted by molar-refractivity contribution is 0.112. The Morgan fingerprint density at radius 2 is 2.33 bits per heavy atom. The zero-order chi connectivity index (χ0) is 13.1. The van der Waals surface area contributed by atoms with Crippen LogP contribution >= 0.6 is 22.9 Å². The van der Waals surface area contributed by atoms with E-state index in [1.165, 1.54) is 11.3 Å². The average Bonchev–Trinajstić information content (AvgIpc) is 2.69. The van der Waals surface area contributed by atoms with Gasteiger partial charge in [0.15, 0.2) is 4.47 Å². The van der Waals surface area contributed by atoms with E-state index < -0.39 is 0 Å². The van der Waals surface area contributed by atoms with Crippen molar-refractivity contribution in [2.45, 2.75) is 6.54 Å². The third kappa shape index (κ3) is 2.90. The number of halogens is 1. The lowest BCUT2D eigenvalue weighted by atomic mass is 10.4. The number of guanidine groups is 1. The van der Waals surface area contributed by atoms with Gasteiger partial charge >= 0.3 is 0 Å². The minimum absolute atomic E-state index is 0.530. The molecular formula is C10H13ClN6S. The number of rotatable bonds is 2. The predicted molar refractivity (Wildman–Crippen MR) is 71.0 cm³/mol. The Morgan fingerprint density at radius 1 is 1.56 bits per heavy atom. The van der Waals surface area contributed by atoms with E-state index in [1.54, 1.807) is 6.20 Å². The number of hydrogen-bond acceptors (Lipinski definition) is 5. The first kappa shape index (κ1) is 13.1. The lowest BCUT2D eigenvalue weighted by Crippen LogP contribution is -2.55. The number of nitriles is 1. The van der Waals surface area contributed by atoms with Gasteiger partial charge in [-0.2, -0.15) is 5.26 Å². The quantitative estimate of drug-likeness (QED) is 0.765. The highest BCUT2D eigenvalue weighted by molar-refractivity contribution is 7.15. The van der Waals surface area contributed by atoms with Crippen LogP contribution in [0.4, 0.5) is 0 Å². The summed E-state index contributed by atoms with van der Waals surface area (Å²) >= 11 is 7.26. The van der Waals surface area contributed by atoms with Crippen LogP contribution in [0, 0.1) is 11.5 Å². The van der Waals surface area contributed by atoms with E-state index in [0.29, 0.717) is 17.0 Å². The van der Waals surface area contributed by atoms with Crippen LogP contribution in [0.3, 0.4) is 0 Å². The summed E-state index contributed by atoms with van der Waals surface area (Å²) in [5.41, 5.74) is 0. The molecule has 0 aliphatic carbocycles. The van der Waals surface area contributed by atoms with Gasteiger partial charge in [0.25, 0.3) is 0 Å². The Balaban J connectivity index is 2.17. The van der Waals surface area contributed by atoms with Crippen molar-refractivity contribution in [2.75, 3.05) is 27.4 Å². The molecule has 0 unspecified atom stereocenters. The van der Waals surface area contributed by atoms with Gasteiger partial charge in [-0.25, -0.2) is 4.98 Å². The maximum absolute atomic E-state index is 8.75. The van der Waals surface area contributed by atoms with Crippen molar-refractivity contribution in [3.63, 3.8) is 0 Å². The molecular weight excluding hydrogens is 272 g/mol. The molecule has 0 saturated carbocycles. The minimum Gasteiger partial charge on any atom is -0.332 e. The summed E-state index contributed by atoms with van der Waals surface area (Å²) in [6, 6.07) is 0. The van der Waals surface area contributed by atoms with Crippen LogP contribution in [-0.4, -0.2) is 53.1 Å². The standard InChI is InChI=1S/C10H13ClN6S/c1-15-6-16(2)10(14-5-12)17(7-15)4-8-3-13-9(11)18-8/h3H,4,6-7H2,1-2H3. The molecule has 6 nitrogen and oxygen atoms in total. The Hall–Kier alpha value is -1.36. The van der Waals surface area contributed by atoms with Crippen molar-refractivity contribution in [2.24, 2.45) is 4.99 Å². The summed E-state index contributed by atoms with van der Waals surface area (Å²) < 4.78 is 0.530. The van der Waals surface area contributed by atoms with Crippen LogP contribution in [0.5, 0.6) is 0 Å². The van der Waals surface area contributed by atoms with Gasteiger partial charge in [-0.1, -0.05) is 11.6 Å². The SMILES string of the molecule is CN1CN(C)C(=NC#N)N(Cc2cnc(Cl)s2)C1. The molecule has 1 aliphatic heterocycles. The van der Waals surface area contributed by atoms with Gasteiger partial charge in [-0.3, -0.25) is 4.90 Å². The molecule has 1 fully saturated rings. The summed E-state index contributed by atoms with van der Waals surface area (Å²) in [6.45, 7) is 2.13. The fraction of sp³-hybridized carbons (Fsp3) is 0.500. The van der Waals surface area contributed by atoms with Gasteiger partial charge < -0.3 is 9.80 Å². The normalized spacial score (nSPS) is 19.3. The number of aliphatic imine (C=N–C) groups is 1. The Kier molecular flexibility index (Phi) is 4.01. The molecule has 0 radical (unpaired) electrons. The van der Waals surface area contributed by atoms with Crippen LogP contribution in [0.2, 0.25) is 4.47 Å². The highest BCUT2D eigenvalue weighted by Crippen LogP contribution is 2.20. The number of hydrogen-bond donors (Lipinski definition) is 0. The van der Waals surface area contributed by atoms with Crippen LogP contribution in [0.1, 0.15) is 4.88 Å². The molecule has 8 heteroatoms. The summed E-state index contributed by atoms with van der Waals surface area (Å²) in [5, 5.41) is 8.75. The molecule has 1 aromatic heterocycles. The van der Waals surface area contributed by atoms with E-state index in [2.05, 4.69) is 14.9 Å². The Labute approximate surface area is 115 Å². The number of thiazole rings is 1. The van der Waals surface area contributed by atoms with Crippen LogP contribution in [0.25, 0.3) is 0 Å². The van der Waals surface area contributed by atoms with E-state index in [0.717, 1.165) is 18.2 Å². The monoisotopic (exact) mass is 284 g/mol. The first-order chi connectivity index (χ1) is 8.60. The zero-order valence-corrected chi connectivity index (χ0v) is 11.7. The molecule has 0 N–H and O–H groups in total. The summed E-state index contributed by atoms with van der Waals surface area (Å²) in [6.07, 6.45) is 3.61. The van der Waals surface area contributed by atoms with Crippen LogP contribution in [-0.2, 0) is 6.54 Å². The van der Waals surface area contributed by atoms with Gasteiger partial charge in [0.2, 0.25) is 12.2 Å². The van der Waals surface area contributed by atoms with Crippen molar-refractivity contribution in [1.29, 1.82) is 5.26 Å². The van der Waals surface area contributed by atoms with Gasteiger partial charge in [0.1, 0.15) is 0 Å². The van der Waals surface area contributed by atoms with Crippen molar-refractivity contribution >= 4 is 28.9 Å². The molecule has 0 atom stereocenters. The van der Waals surface area contributed by atoms with Gasteiger partial charge in [-0.15, -0.1) is 16.3 Å². The largest absolute Gasteiger partial charge is 0.332 e. The molecule has 0 amide bonds. The van der Waals surface area contributed by atoms with Crippen LogP contribution in [0.15, 0.2) is 11.2 Å². The average molecular weight is 285 g/mol. The zero-order valence-electron chi connectivity index (χ0n) is 10.2. The molecule has 2 heterocycles. The predicted octanol–water partition coefficient (Wildman–Crippen LogP) is 1.23. The fourth-order valence-electron chi connectivity index (χ4n) is 1.93. The molecule has 0 bridgehead atoms. The Bertz CT molecular complexity index is 493. The van der Waals surface area contributed by atoms with E-state index in [1.807, 2.05) is 30.1 Å². The number of nitrogens with zero attached hydrogens (tertiary/aromatic N) is 6. The van der Waals surface area contributed by atoms with E-state index in [-0.39, 0.29) is 0 Å². The first-order valence-electron chi connectivity index (χ1n) is 5.31. The fourth-order valence-corrected chi connectivity index (χ4v) is 2.93. The van der Waals surface area contributed by atoms with Gasteiger partial charge in [0.05, 0.1) is 19.9 Å². The first-order valence-corrected chi connectivity index (χ1v) is 6.51. The second kappa shape index (κ2) is 5.52. The highest BCUT2D eigenvalue weighted by Gasteiger charge is 2.24. The van der Waals surface area contributed by atoms with Gasteiger partial charge in [-0.05, 0) is 7.05 Å². The van der Waals surface area contributed by atoms with E-state index >= 15 is 0 Å². The van der Waals surface area contributed by atoms with E-state index in [9.17, 15) is 0 Å². The third-order valence-electron chi connectivity index (χ3n) is 2.51. The van der Waals surface area contributed by atoms with Gasteiger partial charge in [0, 0.05) is 18.1 Å². The smallest absolute Gasteiger partial charge is 0.214 e. The second-order valence-corrected chi connectivity index (χ2v) is 5.82. The molecule has 1 aromatic rings. The molecule has 18 heavy (non-hydrogen) atoms. The lowest BCUT2D eigenvalue weighted by Gasteiger charge is -2.41. The maximum atomic E-state index is 8.75. The highest BCUT2D eigenvalue weighted by atomic mass is 35.5. The van der Waals surface area contributed by atoms with Crippen molar-refractivity contribution in [1.82, 2.24) is 19.7 Å². The second-order valence-electron chi connectivity index (χ2n) is 4.13. The molecule has 2 rings (SSSR count). The van der Waals surface area contributed by atoms with Crippen molar-refractivity contribution in [3.05, 3.63) is 15.5 Å². The Morgan fingerprint density at radius 3 is 2.94 bits per heavy atom. The molecule has 0 spiro atoms. The summed E-state index contributed by atoms with van der Waals surface area (Å²) in [7, 11) is 3.94. The maximum Gasteiger partial charge on any atom is 0.214 e. The van der Waals surface area contributed by atoms with Crippen molar-refractivity contribution in [3.8, 4) is 6.19 Å². The summed E-state index contributed by atoms with van der Waals surface area (Å²) in [5.74, 6) is 0.681. The molecule has 1 aliphatic rings. The third-order valence-corrected chi connectivity index (χ3v) is 3.61. The molecule has 1 saturated heterocycles. The topological polar surface area (TPSA) is 58.8 Å².